The number of fused-ring (bicyclic) bond motifs is 1. The molecular formula is C12H12BrN5O. The maximum Gasteiger partial charge on any atom is 0.294 e. The smallest absolute Gasteiger partial charge is 0.294 e. The Morgan fingerprint density at radius 1 is 1.42 bits per heavy atom. The van der Waals surface area contributed by atoms with Crippen molar-refractivity contribution in [2.24, 2.45) is 4.99 Å². The summed E-state index contributed by atoms with van der Waals surface area (Å²) in [6, 6.07) is 5.29. The number of halogens is 1. The second kappa shape index (κ2) is 5.75. The van der Waals surface area contributed by atoms with E-state index in [0.717, 1.165) is 15.5 Å². The molecular weight excluding hydrogens is 310 g/mol. The number of anilines is 1. The van der Waals surface area contributed by atoms with Crippen LogP contribution in [0, 0.1) is 5.41 Å². The average molecular weight is 322 g/mol. The molecule has 2 heterocycles. The zero-order valence-electron chi connectivity index (χ0n) is 10.4. The Kier molecular flexibility index (Phi) is 4.06. The Balaban J connectivity index is 2.19. The van der Waals surface area contributed by atoms with E-state index in [1.807, 2.05) is 12.1 Å². The Morgan fingerprint density at radius 3 is 2.95 bits per heavy atom. The van der Waals surface area contributed by atoms with Gasteiger partial charge in [-0.05, 0) is 34.1 Å². The number of nitrogens with one attached hydrogen (secondary N) is 2. The lowest BCUT2D eigenvalue weighted by atomic mass is 10.3. The van der Waals surface area contributed by atoms with E-state index in [1.54, 1.807) is 26.2 Å². The van der Waals surface area contributed by atoms with Gasteiger partial charge in [0.25, 0.3) is 6.02 Å². The first kappa shape index (κ1) is 13.4. The number of amidine groups is 1. The first-order valence-electron chi connectivity index (χ1n) is 5.47. The third-order valence-corrected chi connectivity index (χ3v) is 2.74. The minimum absolute atomic E-state index is 0.127. The SMILES string of the molecule is C/N=C(\C)OC(=N)Nc1ccc2ncc(Br)cc2n1. The molecule has 2 rings (SSSR count). The predicted molar refractivity (Wildman–Crippen MR) is 78.7 cm³/mol. The van der Waals surface area contributed by atoms with Crippen LogP contribution in [-0.2, 0) is 4.74 Å². The second-order valence-electron chi connectivity index (χ2n) is 3.69. The molecule has 0 radical (unpaired) electrons. The highest BCUT2D eigenvalue weighted by molar-refractivity contribution is 9.10. The Labute approximate surface area is 118 Å². The van der Waals surface area contributed by atoms with E-state index in [1.165, 1.54) is 0 Å². The quantitative estimate of drug-likeness (QED) is 0.625. The molecule has 19 heavy (non-hydrogen) atoms. The van der Waals surface area contributed by atoms with Gasteiger partial charge in [-0.1, -0.05) is 0 Å². The number of aliphatic imine (C=N–C) groups is 1. The molecule has 2 aromatic heterocycles. The summed E-state index contributed by atoms with van der Waals surface area (Å²) in [5.41, 5.74) is 1.51. The summed E-state index contributed by atoms with van der Waals surface area (Å²) in [5, 5.41) is 10.4. The lowest BCUT2D eigenvalue weighted by Gasteiger charge is -2.08. The third kappa shape index (κ3) is 3.47. The fourth-order valence-electron chi connectivity index (χ4n) is 1.39. The first-order valence-corrected chi connectivity index (χ1v) is 6.27. The van der Waals surface area contributed by atoms with Crippen LogP contribution in [0.1, 0.15) is 6.92 Å². The maximum atomic E-state index is 7.63. The van der Waals surface area contributed by atoms with Crippen molar-refractivity contribution >= 4 is 44.7 Å². The zero-order valence-corrected chi connectivity index (χ0v) is 12.0. The zero-order chi connectivity index (χ0) is 13.8. The highest BCUT2D eigenvalue weighted by Gasteiger charge is 2.04. The van der Waals surface area contributed by atoms with Gasteiger partial charge < -0.3 is 4.74 Å². The second-order valence-corrected chi connectivity index (χ2v) is 4.60. The van der Waals surface area contributed by atoms with Crippen LogP contribution in [-0.4, -0.2) is 28.9 Å². The fraction of sp³-hybridized carbons (Fsp3) is 0.167. The van der Waals surface area contributed by atoms with Gasteiger partial charge >= 0.3 is 0 Å². The van der Waals surface area contributed by atoms with Gasteiger partial charge in [-0.25, -0.2) is 4.98 Å². The average Bonchev–Trinajstić information content (AvgIpc) is 2.37. The molecule has 2 N–H and O–H groups in total. The van der Waals surface area contributed by atoms with Crippen LogP contribution >= 0.6 is 15.9 Å². The standard InChI is InChI=1S/C12H12BrN5O/c1-7(15-2)19-12(14)18-11-4-3-9-10(17-11)5-8(13)6-16-9/h3-6H,1-2H3,(H2,14,17,18)/b15-7+. The number of ether oxygens (including phenoxy) is 1. The highest BCUT2D eigenvalue weighted by atomic mass is 79.9. The van der Waals surface area contributed by atoms with Gasteiger partial charge in [0.05, 0.1) is 11.0 Å². The lowest BCUT2D eigenvalue weighted by Crippen LogP contribution is -2.18. The summed E-state index contributed by atoms with van der Waals surface area (Å²) in [6.45, 7) is 1.67. The molecule has 2 aromatic rings. The van der Waals surface area contributed by atoms with E-state index in [0.29, 0.717) is 11.7 Å². The van der Waals surface area contributed by atoms with Crippen LogP contribution in [0.3, 0.4) is 0 Å². The summed E-state index contributed by atoms with van der Waals surface area (Å²) in [5.74, 6) is 0.920. The van der Waals surface area contributed by atoms with Crippen molar-refractivity contribution in [3.63, 3.8) is 0 Å². The number of rotatable bonds is 1. The molecule has 0 bridgehead atoms. The van der Waals surface area contributed by atoms with Crippen molar-refractivity contribution in [3.8, 4) is 0 Å². The minimum atomic E-state index is -0.127. The van der Waals surface area contributed by atoms with Crippen molar-refractivity contribution in [2.75, 3.05) is 12.4 Å². The molecule has 0 aliphatic carbocycles. The summed E-state index contributed by atoms with van der Waals surface area (Å²) in [7, 11) is 1.60. The molecule has 0 aliphatic heterocycles. The Hall–Kier alpha value is -2.02. The summed E-state index contributed by atoms with van der Waals surface area (Å²) in [4.78, 5) is 12.4. The molecule has 0 amide bonds. The van der Waals surface area contributed by atoms with Crippen molar-refractivity contribution in [1.29, 1.82) is 5.41 Å². The molecule has 0 saturated heterocycles. The van der Waals surface area contributed by atoms with Gasteiger partial charge in [0.1, 0.15) is 5.82 Å². The molecule has 7 heteroatoms. The van der Waals surface area contributed by atoms with Gasteiger partial charge in [0.2, 0.25) is 0 Å². The van der Waals surface area contributed by atoms with E-state index in [2.05, 4.69) is 36.2 Å². The van der Waals surface area contributed by atoms with Gasteiger partial charge in [0.15, 0.2) is 5.90 Å². The van der Waals surface area contributed by atoms with E-state index < -0.39 is 0 Å². The van der Waals surface area contributed by atoms with Gasteiger partial charge in [-0.2, -0.15) is 0 Å². The molecule has 0 fully saturated rings. The molecule has 0 aliphatic rings. The molecule has 6 nitrogen and oxygen atoms in total. The summed E-state index contributed by atoms with van der Waals surface area (Å²) < 4.78 is 5.95. The van der Waals surface area contributed by atoms with E-state index in [4.69, 9.17) is 10.1 Å². The fourth-order valence-corrected chi connectivity index (χ4v) is 1.71. The van der Waals surface area contributed by atoms with Crippen LogP contribution in [0.15, 0.2) is 33.9 Å². The van der Waals surface area contributed by atoms with Crippen LogP contribution in [0.4, 0.5) is 5.82 Å². The molecule has 0 saturated carbocycles. The van der Waals surface area contributed by atoms with Crippen LogP contribution < -0.4 is 5.32 Å². The topological polar surface area (TPSA) is 83.2 Å². The Bertz CT molecular complexity index is 656. The third-order valence-electron chi connectivity index (χ3n) is 2.31. The monoisotopic (exact) mass is 321 g/mol. The highest BCUT2D eigenvalue weighted by Crippen LogP contribution is 2.17. The lowest BCUT2D eigenvalue weighted by molar-refractivity contribution is 0.532. The summed E-state index contributed by atoms with van der Waals surface area (Å²) >= 11 is 3.34. The minimum Gasteiger partial charge on any atom is -0.412 e. The maximum absolute atomic E-state index is 7.63. The normalized spacial score (nSPS) is 11.4. The van der Waals surface area contributed by atoms with Crippen molar-refractivity contribution in [2.45, 2.75) is 6.92 Å². The van der Waals surface area contributed by atoms with Gasteiger partial charge in [-0.3, -0.25) is 20.7 Å². The number of pyridine rings is 2. The number of hydrogen-bond donors (Lipinski definition) is 2. The van der Waals surface area contributed by atoms with Gasteiger partial charge in [-0.15, -0.1) is 0 Å². The van der Waals surface area contributed by atoms with Crippen molar-refractivity contribution in [1.82, 2.24) is 9.97 Å². The molecule has 0 atom stereocenters. The number of nitrogens with zero attached hydrogens (tertiary/aromatic N) is 3. The first-order chi connectivity index (χ1) is 9.08. The van der Waals surface area contributed by atoms with Crippen LogP contribution in [0.5, 0.6) is 0 Å². The van der Waals surface area contributed by atoms with E-state index in [9.17, 15) is 0 Å². The van der Waals surface area contributed by atoms with Crippen LogP contribution in [0.25, 0.3) is 11.0 Å². The van der Waals surface area contributed by atoms with E-state index >= 15 is 0 Å². The van der Waals surface area contributed by atoms with Gasteiger partial charge in [0, 0.05) is 24.6 Å². The van der Waals surface area contributed by atoms with E-state index in [-0.39, 0.29) is 6.02 Å². The molecule has 0 aromatic carbocycles. The number of aromatic nitrogens is 2. The largest absolute Gasteiger partial charge is 0.412 e. The predicted octanol–water partition coefficient (Wildman–Crippen LogP) is 2.80. The summed E-state index contributed by atoms with van der Waals surface area (Å²) in [6.07, 6.45) is 1.71. The van der Waals surface area contributed by atoms with Crippen molar-refractivity contribution in [3.05, 3.63) is 28.9 Å². The molecule has 0 unspecified atom stereocenters. The van der Waals surface area contributed by atoms with Crippen molar-refractivity contribution < 1.29 is 4.74 Å². The molecule has 98 valence electrons. The number of hydrogen-bond acceptors (Lipinski definition) is 5. The molecule has 0 spiro atoms. The van der Waals surface area contributed by atoms with Crippen LogP contribution in [0.2, 0.25) is 0 Å². The Morgan fingerprint density at radius 2 is 2.21 bits per heavy atom.